The van der Waals surface area contributed by atoms with Crippen LogP contribution >= 0.6 is 0 Å². The first-order chi connectivity index (χ1) is 10.7. The maximum Gasteiger partial charge on any atom is 0.273 e. The van der Waals surface area contributed by atoms with E-state index in [0.29, 0.717) is 11.5 Å². The van der Waals surface area contributed by atoms with E-state index >= 15 is 0 Å². The van der Waals surface area contributed by atoms with Gasteiger partial charge >= 0.3 is 0 Å². The summed E-state index contributed by atoms with van der Waals surface area (Å²) in [4.78, 5) is 18.8. The number of likely N-dealkylation sites (tertiary alicyclic amines) is 1. The molecule has 1 amide bonds. The van der Waals surface area contributed by atoms with Crippen molar-refractivity contribution in [1.82, 2.24) is 15.2 Å². The number of carbonyl (C=O) groups is 1. The second kappa shape index (κ2) is 7.27. The van der Waals surface area contributed by atoms with Crippen molar-refractivity contribution in [3.05, 3.63) is 17.8 Å². The molecule has 1 saturated carbocycles. The minimum Gasteiger partial charge on any atom is -0.448 e. The predicted molar refractivity (Wildman–Crippen MR) is 84.7 cm³/mol. The van der Waals surface area contributed by atoms with Crippen LogP contribution in [0.4, 0.5) is 0 Å². The van der Waals surface area contributed by atoms with Gasteiger partial charge in [-0.15, -0.1) is 0 Å². The van der Waals surface area contributed by atoms with E-state index in [1.165, 1.54) is 51.6 Å². The molecule has 22 heavy (non-hydrogen) atoms. The number of nitrogens with one attached hydrogen (secondary N) is 1. The minimum absolute atomic E-state index is 0.101. The van der Waals surface area contributed by atoms with Crippen LogP contribution in [0.2, 0.25) is 0 Å². The average Bonchev–Trinajstić information content (AvgIpc) is 2.95. The summed E-state index contributed by atoms with van der Waals surface area (Å²) < 4.78 is 5.11. The van der Waals surface area contributed by atoms with Gasteiger partial charge in [0.05, 0.1) is 0 Å². The lowest BCUT2D eigenvalue weighted by molar-refractivity contribution is 0.0884. The molecule has 1 aliphatic heterocycles. The lowest BCUT2D eigenvalue weighted by atomic mass is 9.88. The van der Waals surface area contributed by atoms with Gasteiger partial charge in [-0.2, -0.15) is 0 Å². The van der Waals surface area contributed by atoms with Crippen LogP contribution in [-0.2, 0) is 0 Å². The molecule has 1 aromatic rings. The van der Waals surface area contributed by atoms with Crippen molar-refractivity contribution in [2.45, 2.75) is 57.9 Å². The molecule has 1 unspecified atom stereocenters. The Bertz CT molecular complexity index is 494. The Morgan fingerprint density at radius 2 is 2.14 bits per heavy atom. The maximum atomic E-state index is 12.2. The standard InChI is InChI=1S/C17H27N3O2/c1-13-16(18-12-22-13)17(21)19-15-8-5-9-20(11-15)10-14-6-3-2-4-7-14/h12,14-15H,2-11H2,1H3,(H,19,21). The molecule has 1 saturated heterocycles. The highest BCUT2D eigenvalue weighted by atomic mass is 16.3. The van der Waals surface area contributed by atoms with E-state index < -0.39 is 0 Å². The SMILES string of the molecule is Cc1ocnc1C(=O)NC1CCCN(CC2CCCCC2)C1. The third-order valence-corrected chi connectivity index (χ3v) is 5.04. The van der Waals surface area contributed by atoms with Crippen molar-refractivity contribution in [3.8, 4) is 0 Å². The van der Waals surface area contributed by atoms with Crippen LogP contribution in [0, 0.1) is 12.8 Å². The molecular formula is C17H27N3O2. The van der Waals surface area contributed by atoms with Crippen molar-refractivity contribution >= 4 is 5.91 Å². The smallest absolute Gasteiger partial charge is 0.273 e. The molecule has 0 bridgehead atoms. The molecule has 1 N–H and O–H groups in total. The van der Waals surface area contributed by atoms with E-state index in [1.54, 1.807) is 6.92 Å². The molecule has 1 aromatic heterocycles. The van der Waals surface area contributed by atoms with Crippen molar-refractivity contribution in [2.75, 3.05) is 19.6 Å². The van der Waals surface area contributed by atoms with Crippen LogP contribution in [0.5, 0.6) is 0 Å². The maximum absolute atomic E-state index is 12.2. The molecule has 2 fully saturated rings. The van der Waals surface area contributed by atoms with Crippen LogP contribution in [-0.4, -0.2) is 41.5 Å². The molecule has 2 aliphatic rings. The molecule has 5 nitrogen and oxygen atoms in total. The molecular weight excluding hydrogens is 278 g/mol. The summed E-state index contributed by atoms with van der Waals surface area (Å²) in [5.41, 5.74) is 0.421. The topological polar surface area (TPSA) is 58.4 Å². The Labute approximate surface area is 132 Å². The second-order valence-electron chi connectivity index (χ2n) is 6.83. The summed E-state index contributed by atoms with van der Waals surface area (Å²) in [5, 5.41) is 3.13. The highest BCUT2D eigenvalue weighted by molar-refractivity contribution is 5.93. The van der Waals surface area contributed by atoms with Crippen LogP contribution < -0.4 is 5.32 Å². The van der Waals surface area contributed by atoms with Crippen molar-refractivity contribution < 1.29 is 9.21 Å². The van der Waals surface area contributed by atoms with E-state index in [0.717, 1.165) is 25.3 Å². The molecule has 0 radical (unpaired) electrons. The molecule has 5 heteroatoms. The van der Waals surface area contributed by atoms with E-state index in [4.69, 9.17) is 4.42 Å². The minimum atomic E-state index is -0.101. The molecule has 0 spiro atoms. The van der Waals surface area contributed by atoms with Gasteiger partial charge in [-0.3, -0.25) is 4.79 Å². The highest BCUT2D eigenvalue weighted by Crippen LogP contribution is 2.25. The number of rotatable bonds is 4. The van der Waals surface area contributed by atoms with E-state index in [1.807, 2.05) is 0 Å². The first-order valence-electron chi connectivity index (χ1n) is 8.65. The molecule has 0 aromatic carbocycles. The van der Waals surface area contributed by atoms with Crippen LogP contribution in [0.15, 0.2) is 10.8 Å². The molecule has 2 heterocycles. The number of oxazole rings is 1. The average molecular weight is 305 g/mol. The molecule has 122 valence electrons. The number of amides is 1. The lowest BCUT2D eigenvalue weighted by Crippen LogP contribution is -2.49. The summed E-state index contributed by atoms with van der Waals surface area (Å²) >= 11 is 0. The third kappa shape index (κ3) is 3.88. The Morgan fingerprint density at radius 1 is 1.32 bits per heavy atom. The van der Waals surface area contributed by atoms with E-state index in [-0.39, 0.29) is 11.9 Å². The van der Waals surface area contributed by atoms with Gasteiger partial charge in [-0.05, 0) is 45.1 Å². The highest BCUT2D eigenvalue weighted by Gasteiger charge is 2.25. The zero-order valence-corrected chi connectivity index (χ0v) is 13.5. The predicted octanol–water partition coefficient (Wildman–Crippen LogP) is 2.76. The van der Waals surface area contributed by atoms with E-state index in [2.05, 4.69) is 15.2 Å². The number of hydrogen-bond donors (Lipinski definition) is 1. The summed E-state index contributed by atoms with van der Waals surface area (Å²) in [6.45, 7) is 5.12. The number of aryl methyl sites for hydroxylation is 1. The number of carbonyl (C=O) groups excluding carboxylic acids is 1. The largest absolute Gasteiger partial charge is 0.448 e. The number of nitrogens with zero attached hydrogens (tertiary/aromatic N) is 2. The zero-order valence-electron chi connectivity index (χ0n) is 13.5. The Hall–Kier alpha value is -1.36. The summed E-state index contributed by atoms with van der Waals surface area (Å²) in [7, 11) is 0. The first-order valence-corrected chi connectivity index (χ1v) is 8.65. The van der Waals surface area contributed by atoms with Crippen molar-refractivity contribution in [3.63, 3.8) is 0 Å². The van der Waals surface area contributed by atoms with Gasteiger partial charge in [0.1, 0.15) is 5.76 Å². The van der Waals surface area contributed by atoms with Gasteiger partial charge in [0.2, 0.25) is 0 Å². The zero-order chi connectivity index (χ0) is 15.4. The number of aromatic nitrogens is 1. The monoisotopic (exact) mass is 305 g/mol. The Kier molecular flexibility index (Phi) is 5.13. The normalized spacial score (nSPS) is 24.3. The second-order valence-corrected chi connectivity index (χ2v) is 6.83. The molecule has 1 aliphatic carbocycles. The quantitative estimate of drug-likeness (QED) is 0.929. The number of piperidine rings is 1. The fraction of sp³-hybridized carbons (Fsp3) is 0.765. The van der Waals surface area contributed by atoms with Crippen molar-refractivity contribution in [2.24, 2.45) is 5.92 Å². The summed E-state index contributed by atoms with van der Waals surface area (Å²) in [5.74, 6) is 1.35. The Balaban J connectivity index is 1.50. The van der Waals surface area contributed by atoms with Crippen LogP contribution in [0.3, 0.4) is 0 Å². The van der Waals surface area contributed by atoms with Gasteiger partial charge in [-0.1, -0.05) is 19.3 Å². The third-order valence-electron chi connectivity index (χ3n) is 5.04. The lowest BCUT2D eigenvalue weighted by Gasteiger charge is -2.36. The van der Waals surface area contributed by atoms with Gasteiger partial charge in [-0.25, -0.2) is 4.98 Å². The number of hydrogen-bond acceptors (Lipinski definition) is 4. The Morgan fingerprint density at radius 3 is 2.86 bits per heavy atom. The van der Waals surface area contributed by atoms with Crippen molar-refractivity contribution in [1.29, 1.82) is 0 Å². The van der Waals surface area contributed by atoms with Gasteiger partial charge < -0.3 is 14.6 Å². The molecule has 1 atom stereocenters. The fourth-order valence-corrected chi connectivity index (χ4v) is 3.85. The fourth-order valence-electron chi connectivity index (χ4n) is 3.85. The van der Waals surface area contributed by atoms with Gasteiger partial charge in [0.15, 0.2) is 12.1 Å². The van der Waals surface area contributed by atoms with Crippen LogP contribution in [0.25, 0.3) is 0 Å². The van der Waals surface area contributed by atoms with Gasteiger partial charge in [0.25, 0.3) is 5.91 Å². The molecule has 3 rings (SSSR count). The first kappa shape index (κ1) is 15.5. The van der Waals surface area contributed by atoms with E-state index in [9.17, 15) is 4.79 Å². The summed E-state index contributed by atoms with van der Waals surface area (Å²) in [6, 6.07) is 0.237. The van der Waals surface area contributed by atoms with Crippen LogP contribution in [0.1, 0.15) is 61.2 Å². The van der Waals surface area contributed by atoms with Gasteiger partial charge in [0, 0.05) is 19.1 Å². The summed E-state index contributed by atoms with van der Waals surface area (Å²) in [6.07, 6.45) is 10.5.